The normalized spacial score (nSPS) is 11.3. The van der Waals surface area contributed by atoms with Crippen LogP contribution >= 0.6 is 0 Å². The van der Waals surface area contributed by atoms with Crippen molar-refractivity contribution in [3.05, 3.63) is 81.9 Å². The van der Waals surface area contributed by atoms with Crippen LogP contribution in [0.25, 0.3) is 16.5 Å². The third-order valence-corrected chi connectivity index (χ3v) is 4.27. The van der Waals surface area contributed by atoms with Crippen LogP contribution in [0.1, 0.15) is 16.7 Å². The standard InChI is InChI=1S/C22H20O6/c1-14-10-21(23)28-20-11-16(8-9-17(14)20)27-12-15-6-4-5-7-18(15)19(13-25-2)22(24)26-3/h4-11,13H,12H2,1-3H3/b19-13-. The molecule has 0 saturated carbocycles. The fourth-order valence-corrected chi connectivity index (χ4v) is 2.91. The van der Waals surface area contributed by atoms with Crippen molar-refractivity contribution in [2.45, 2.75) is 13.5 Å². The number of carbonyl (C=O) groups is 1. The van der Waals surface area contributed by atoms with Crippen molar-refractivity contribution in [1.29, 1.82) is 0 Å². The van der Waals surface area contributed by atoms with E-state index in [9.17, 15) is 9.59 Å². The molecule has 1 aromatic heterocycles. The molecule has 3 rings (SSSR count). The van der Waals surface area contributed by atoms with E-state index in [0.717, 1.165) is 16.5 Å². The van der Waals surface area contributed by atoms with Gasteiger partial charge in [0.05, 0.1) is 20.5 Å². The van der Waals surface area contributed by atoms with Gasteiger partial charge in [-0.2, -0.15) is 0 Å². The van der Waals surface area contributed by atoms with Crippen molar-refractivity contribution in [3.63, 3.8) is 0 Å². The molecule has 0 aliphatic rings. The lowest BCUT2D eigenvalue weighted by Gasteiger charge is -2.13. The fourth-order valence-electron chi connectivity index (χ4n) is 2.91. The Morgan fingerprint density at radius 1 is 1.11 bits per heavy atom. The van der Waals surface area contributed by atoms with Gasteiger partial charge in [-0.3, -0.25) is 0 Å². The first-order chi connectivity index (χ1) is 13.5. The van der Waals surface area contributed by atoms with Gasteiger partial charge in [0.2, 0.25) is 0 Å². The molecule has 0 radical (unpaired) electrons. The monoisotopic (exact) mass is 380 g/mol. The van der Waals surface area contributed by atoms with Crippen molar-refractivity contribution in [3.8, 4) is 5.75 Å². The molecule has 0 N–H and O–H groups in total. The summed E-state index contributed by atoms with van der Waals surface area (Å²) in [7, 11) is 2.78. The zero-order valence-corrected chi connectivity index (χ0v) is 15.9. The van der Waals surface area contributed by atoms with Crippen molar-refractivity contribution in [1.82, 2.24) is 0 Å². The molecule has 0 unspecified atom stereocenters. The van der Waals surface area contributed by atoms with E-state index in [1.807, 2.05) is 37.3 Å². The van der Waals surface area contributed by atoms with Crippen LogP contribution in [-0.2, 0) is 20.9 Å². The van der Waals surface area contributed by atoms with Crippen LogP contribution in [0.15, 0.2) is 64.0 Å². The summed E-state index contributed by atoms with van der Waals surface area (Å²) in [6.45, 7) is 2.06. The molecule has 0 atom stereocenters. The van der Waals surface area contributed by atoms with E-state index >= 15 is 0 Å². The van der Waals surface area contributed by atoms with Gasteiger partial charge in [-0.1, -0.05) is 24.3 Å². The zero-order chi connectivity index (χ0) is 20.1. The second-order valence-corrected chi connectivity index (χ2v) is 6.11. The van der Waals surface area contributed by atoms with Crippen LogP contribution in [0, 0.1) is 6.92 Å². The molecule has 0 fully saturated rings. The third kappa shape index (κ3) is 4.06. The Kier molecular flexibility index (Phi) is 5.79. The highest BCUT2D eigenvalue weighted by atomic mass is 16.5. The topological polar surface area (TPSA) is 75.0 Å². The molecule has 28 heavy (non-hydrogen) atoms. The second-order valence-electron chi connectivity index (χ2n) is 6.11. The Hall–Kier alpha value is -3.54. The van der Waals surface area contributed by atoms with Gasteiger partial charge >= 0.3 is 11.6 Å². The first kappa shape index (κ1) is 19.2. The quantitative estimate of drug-likeness (QED) is 0.280. The molecular formula is C22H20O6. The van der Waals surface area contributed by atoms with Crippen molar-refractivity contribution < 1.29 is 23.4 Å². The maximum Gasteiger partial charge on any atom is 0.341 e. The van der Waals surface area contributed by atoms with E-state index in [0.29, 0.717) is 22.5 Å². The minimum absolute atomic E-state index is 0.204. The summed E-state index contributed by atoms with van der Waals surface area (Å²) in [5.41, 5.74) is 2.63. The number of rotatable bonds is 6. The van der Waals surface area contributed by atoms with Crippen LogP contribution in [0.5, 0.6) is 5.75 Å². The number of aryl methyl sites for hydroxylation is 1. The summed E-state index contributed by atoms with van der Waals surface area (Å²) in [6, 6.07) is 14.1. The van der Waals surface area contributed by atoms with Crippen molar-refractivity contribution >= 4 is 22.5 Å². The number of methoxy groups -OCH3 is 2. The van der Waals surface area contributed by atoms with Gasteiger partial charge in [-0.25, -0.2) is 9.59 Å². The van der Waals surface area contributed by atoms with Gasteiger partial charge in [0.15, 0.2) is 0 Å². The van der Waals surface area contributed by atoms with E-state index in [1.165, 1.54) is 26.5 Å². The highest BCUT2D eigenvalue weighted by molar-refractivity contribution is 6.16. The SMILES string of the molecule is CO/C=C(\C(=O)OC)c1ccccc1COc1ccc2c(C)cc(=O)oc2c1. The molecule has 0 saturated heterocycles. The van der Waals surface area contributed by atoms with E-state index in [-0.39, 0.29) is 6.61 Å². The summed E-state index contributed by atoms with van der Waals surface area (Å²) < 4.78 is 21.0. The Morgan fingerprint density at radius 3 is 2.64 bits per heavy atom. The first-order valence-electron chi connectivity index (χ1n) is 8.60. The summed E-state index contributed by atoms with van der Waals surface area (Å²) in [5.74, 6) is 0.0450. The van der Waals surface area contributed by atoms with Gasteiger partial charge in [0, 0.05) is 17.5 Å². The minimum atomic E-state index is -0.503. The van der Waals surface area contributed by atoms with Crippen molar-refractivity contribution in [2.75, 3.05) is 14.2 Å². The molecule has 0 amide bonds. The summed E-state index contributed by atoms with van der Waals surface area (Å²) >= 11 is 0. The Bertz CT molecular complexity index is 1090. The summed E-state index contributed by atoms with van der Waals surface area (Å²) in [5, 5.41) is 0.850. The lowest BCUT2D eigenvalue weighted by molar-refractivity contribution is -0.133. The van der Waals surface area contributed by atoms with E-state index in [4.69, 9.17) is 18.6 Å². The van der Waals surface area contributed by atoms with E-state index in [2.05, 4.69) is 0 Å². The van der Waals surface area contributed by atoms with Crippen molar-refractivity contribution in [2.24, 2.45) is 0 Å². The molecule has 0 bridgehead atoms. The molecule has 6 nitrogen and oxygen atoms in total. The summed E-state index contributed by atoms with van der Waals surface area (Å²) in [6.07, 6.45) is 1.35. The molecule has 0 aliphatic heterocycles. The summed E-state index contributed by atoms with van der Waals surface area (Å²) in [4.78, 5) is 23.7. The number of benzene rings is 2. The largest absolute Gasteiger partial charge is 0.503 e. The number of ether oxygens (including phenoxy) is 3. The number of fused-ring (bicyclic) bond motifs is 1. The van der Waals surface area contributed by atoms with Crippen LogP contribution < -0.4 is 10.4 Å². The lowest BCUT2D eigenvalue weighted by atomic mass is 10.0. The highest BCUT2D eigenvalue weighted by Gasteiger charge is 2.17. The van der Waals surface area contributed by atoms with Gasteiger partial charge in [0.25, 0.3) is 0 Å². The number of hydrogen-bond donors (Lipinski definition) is 0. The van der Waals surface area contributed by atoms with E-state index in [1.54, 1.807) is 12.1 Å². The van der Waals surface area contributed by atoms with Crippen LogP contribution in [0.3, 0.4) is 0 Å². The van der Waals surface area contributed by atoms with Crippen LogP contribution in [0.4, 0.5) is 0 Å². The average Bonchev–Trinajstić information content (AvgIpc) is 2.70. The molecule has 0 aliphatic carbocycles. The number of esters is 1. The number of hydrogen-bond acceptors (Lipinski definition) is 6. The molecule has 1 heterocycles. The maximum atomic E-state index is 12.1. The predicted molar refractivity (Wildman–Crippen MR) is 105 cm³/mol. The Balaban J connectivity index is 1.89. The second kappa shape index (κ2) is 8.43. The van der Waals surface area contributed by atoms with Gasteiger partial charge in [-0.05, 0) is 35.7 Å². The molecular weight excluding hydrogens is 360 g/mol. The minimum Gasteiger partial charge on any atom is -0.503 e. The highest BCUT2D eigenvalue weighted by Crippen LogP contribution is 2.25. The smallest absolute Gasteiger partial charge is 0.341 e. The maximum absolute atomic E-state index is 12.1. The number of carbonyl (C=O) groups excluding carboxylic acids is 1. The molecule has 6 heteroatoms. The predicted octanol–water partition coefficient (Wildman–Crippen LogP) is 3.84. The Labute approximate surface area is 162 Å². The molecule has 144 valence electrons. The first-order valence-corrected chi connectivity index (χ1v) is 8.60. The fraction of sp³-hybridized carbons (Fsp3) is 0.182. The molecule has 0 spiro atoms. The zero-order valence-electron chi connectivity index (χ0n) is 15.9. The lowest BCUT2D eigenvalue weighted by Crippen LogP contribution is -2.08. The van der Waals surface area contributed by atoms with Crippen LogP contribution in [-0.4, -0.2) is 20.2 Å². The molecule has 3 aromatic rings. The van der Waals surface area contributed by atoms with Gasteiger partial charge in [-0.15, -0.1) is 0 Å². The Morgan fingerprint density at radius 2 is 1.89 bits per heavy atom. The van der Waals surface area contributed by atoms with Crippen LogP contribution in [0.2, 0.25) is 0 Å². The van der Waals surface area contributed by atoms with Gasteiger partial charge < -0.3 is 18.6 Å². The van der Waals surface area contributed by atoms with E-state index < -0.39 is 11.6 Å². The third-order valence-electron chi connectivity index (χ3n) is 4.27. The molecule has 2 aromatic carbocycles. The average molecular weight is 380 g/mol. The van der Waals surface area contributed by atoms with Gasteiger partial charge in [0.1, 0.15) is 23.5 Å².